The molecule has 0 aromatic rings. The molecule has 1 heterocycles. The average Bonchev–Trinajstić information content (AvgIpc) is 2.63. The second-order valence-corrected chi connectivity index (χ2v) is 7.30. The minimum absolute atomic E-state index is 0.345. The highest BCUT2D eigenvalue weighted by molar-refractivity contribution is 7.88. The zero-order valence-corrected chi connectivity index (χ0v) is 11.9. The molecular weight excluding hydrogens is 240 g/mol. The SMILES string of the molecule is CC(NCC(C)(C)NS(C)(=O)=O)C1CCOC1. The summed E-state index contributed by atoms with van der Waals surface area (Å²) in [5.74, 6) is 0.532. The second kappa shape index (κ2) is 5.65. The van der Waals surface area contributed by atoms with Crippen LogP contribution in [0.3, 0.4) is 0 Å². The Morgan fingerprint density at radius 3 is 2.59 bits per heavy atom. The molecule has 1 aliphatic heterocycles. The van der Waals surface area contributed by atoms with Crippen molar-refractivity contribution in [1.29, 1.82) is 0 Å². The summed E-state index contributed by atoms with van der Waals surface area (Å²) in [7, 11) is -3.16. The maximum Gasteiger partial charge on any atom is 0.209 e. The summed E-state index contributed by atoms with van der Waals surface area (Å²) in [6.07, 6.45) is 2.26. The third-order valence-corrected chi connectivity index (χ3v) is 3.92. The number of hydrogen-bond acceptors (Lipinski definition) is 4. The first-order valence-corrected chi connectivity index (χ1v) is 7.89. The van der Waals surface area contributed by atoms with Gasteiger partial charge in [0.05, 0.1) is 12.9 Å². The largest absolute Gasteiger partial charge is 0.381 e. The molecule has 0 aromatic carbocycles. The number of sulfonamides is 1. The van der Waals surface area contributed by atoms with Gasteiger partial charge in [-0.1, -0.05) is 0 Å². The van der Waals surface area contributed by atoms with Crippen molar-refractivity contribution >= 4 is 10.0 Å². The molecule has 2 atom stereocenters. The van der Waals surface area contributed by atoms with Crippen molar-refractivity contribution < 1.29 is 13.2 Å². The van der Waals surface area contributed by atoms with E-state index in [9.17, 15) is 8.42 Å². The van der Waals surface area contributed by atoms with Crippen molar-refractivity contribution in [2.75, 3.05) is 26.0 Å². The van der Waals surface area contributed by atoms with Gasteiger partial charge >= 0.3 is 0 Å². The molecule has 0 aromatic heterocycles. The van der Waals surface area contributed by atoms with Gasteiger partial charge < -0.3 is 10.1 Å². The van der Waals surface area contributed by atoms with Crippen LogP contribution in [0.5, 0.6) is 0 Å². The zero-order valence-electron chi connectivity index (χ0n) is 11.1. The van der Waals surface area contributed by atoms with Crippen LogP contribution >= 0.6 is 0 Å². The molecule has 0 aliphatic carbocycles. The Morgan fingerprint density at radius 1 is 1.47 bits per heavy atom. The molecule has 1 aliphatic rings. The maximum absolute atomic E-state index is 11.2. The third kappa shape index (κ3) is 5.81. The molecule has 5 nitrogen and oxygen atoms in total. The molecule has 0 amide bonds. The minimum atomic E-state index is -3.16. The smallest absolute Gasteiger partial charge is 0.209 e. The molecule has 0 bridgehead atoms. The van der Waals surface area contributed by atoms with Gasteiger partial charge in [-0.3, -0.25) is 0 Å². The lowest BCUT2D eigenvalue weighted by molar-refractivity contribution is 0.177. The van der Waals surface area contributed by atoms with E-state index < -0.39 is 15.6 Å². The first kappa shape index (κ1) is 14.9. The van der Waals surface area contributed by atoms with Gasteiger partial charge in [0.1, 0.15) is 0 Å². The molecule has 2 N–H and O–H groups in total. The van der Waals surface area contributed by atoms with E-state index in [2.05, 4.69) is 17.0 Å². The Kier molecular flexibility index (Phi) is 4.95. The molecule has 0 saturated carbocycles. The Balaban J connectivity index is 2.38. The summed E-state index contributed by atoms with van der Waals surface area (Å²) in [6, 6.07) is 0.345. The summed E-state index contributed by atoms with van der Waals surface area (Å²) >= 11 is 0. The van der Waals surface area contributed by atoms with Gasteiger partial charge in [-0.15, -0.1) is 0 Å². The fourth-order valence-corrected chi connectivity index (χ4v) is 3.14. The van der Waals surface area contributed by atoms with Gasteiger partial charge in [-0.25, -0.2) is 13.1 Å². The van der Waals surface area contributed by atoms with Crippen molar-refractivity contribution in [3.63, 3.8) is 0 Å². The molecule has 2 unspecified atom stereocenters. The number of rotatable bonds is 6. The zero-order chi connectivity index (χ0) is 13.1. The van der Waals surface area contributed by atoms with Crippen LogP contribution in [0.4, 0.5) is 0 Å². The van der Waals surface area contributed by atoms with E-state index in [0.717, 1.165) is 19.6 Å². The van der Waals surface area contributed by atoms with Gasteiger partial charge in [0.25, 0.3) is 0 Å². The first-order valence-electron chi connectivity index (χ1n) is 6.00. The lowest BCUT2D eigenvalue weighted by atomic mass is 9.99. The number of ether oxygens (including phenoxy) is 1. The fourth-order valence-electron chi connectivity index (χ4n) is 2.07. The molecule has 17 heavy (non-hydrogen) atoms. The van der Waals surface area contributed by atoms with Gasteiger partial charge in [-0.2, -0.15) is 0 Å². The number of nitrogens with one attached hydrogen (secondary N) is 2. The van der Waals surface area contributed by atoms with Gasteiger partial charge in [0, 0.05) is 24.7 Å². The van der Waals surface area contributed by atoms with E-state index in [0.29, 0.717) is 18.5 Å². The summed E-state index contributed by atoms with van der Waals surface area (Å²) in [4.78, 5) is 0. The number of hydrogen-bond donors (Lipinski definition) is 2. The van der Waals surface area contributed by atoms with Crippen LogP contribution in [0.15, 0.2) is 0 Å². The highest BCUT2D eigenvalue weighted by atomic mass is 32.2. The van der Waals surface area contributed by atoms with Crippen molar-refractivity contribution in [2.24, 2.45) is 5.92 Å². The highest BCUT2D eigenvalue weighted by Gasteiger charge is 2.26. The van der Waals surface area contributed by atoms with E-state index in [4.69, 9.17) is 4.74 Å². The lowest BCUT2D eigenvalue weighted by Gasteiger charge is -2.29. The van der Waals surface area contributed by atoms with Gasteiger partial charge in [0.2, 0.25) is 10.0 Å². The van der Waals surface area contributed by atoms with Crippen LogP contribution in [0, 0.1) is 5.92 Å². The summed E-state index contributed by atoms with van der Waals surface area (Å²) in [6.45, 7) is 8.11. The Bertz CT molecular complexity index is 335. The van der Waals surface area contributed by atoms with E-state index in [1.54, 1.807) is 0 Å². The molecule has 6 heteroatoms. The molecule has 1 saturated heterocycles. The van der Waals surface area contributed by atoms with Crippen molar-refractivity contribution in [3.8, 4) is 0 Å². The van der Waals surface area contributed by atoms with Crippen molar-refractivity contribution in [1.82, 2.24) is 10.0 Å². The minimum Gasteiger partial charge on any atom is -0.381 e. The summed E-state index contributed by atoms with van der Waals surface area (Å²) in [5, 5.41) is 3.38. The van der Waals surface area contributed by atoms with Crippen molar-refractivity contribution in [2.45, 2.75) is 38.8 Å². The Labute approximate surface area is 104 Å². The standard InChI is InChI=1S/C11H24N2O3S/c1-9(10-5-6-16-7-10)12-8-11(2,3)13-17(4,14)15/h9-10,12-13H,5-8H2,1-4H3. The molecule has 1 rings (SSSR count). The molecule has 0 spiro atoms. The van der Waals surface area contributed by atoms with Crippen LogP contribution in [0.1, 0.15) is 27.2 Å². The fraction of sp³-hybridized carbons (Fsp3) is 1.00. The first-order chi connectivity index (χ1) is 7.70. The average molecular weight is 264 g/mol. The van der Waals surface area contributed by atoms with Crippen LogP contribution in [-0.4, -0.2) is 46.0 Å². The van der Waals surface area contributed by atoms with E-state index in [-0.39, 0.29) is 0 Å². The van der Waals surface area contributed by atoms with Crippen LogP contribution in [0.2, 0.25) is 0 Å². The monoisotopic (exact) mass is 264 g/mol. The Morgan fingerprint density at radius 2 is 2.12 bits per heavy atom. The molecule has 1 fully saturated rings. The summed E-state index contributed by atoms with van der Waals surface area (Å²) < 4.78 is 30.3. The normalized spacial score (nSPS) is 23.9. The van der Waals surface area contributed by atoms with E-state index in [1.807, 2.05) is 13.8 Å². The highest BCUT2D eigenvalue weighted by Crippen LogP contribution is 2.16. The quantitative estimate of drug-likeness (QED) is 0.725. The van der Waals surface area contributed by atoms with Crippen LogP contribution in [0.25, 0.3) is 0 Å². The Hall–Kier alpha value is -0.170. The predicted octanol–water partition coefficient (Wildman–Crippen LogP) is 0.329. The summed E-state index contributed by atoms with van der Waals surface area (Å²) in [5.41, 5.74) is -0.471. The van der Waals surface area contributed by atoms with Crippen molar-refractivity contribution in [3.05, 3.63) is 0 Å². The van der Waals surface area contributed by atoms with Gasteiger partial charge in [0.15, 0.2) is 0 Å². The molecule has 0 radical (unpaired) electrons. The predicted molar refractivity (Wildman–Crippen MR) is 68.4 cm³/mol. The topological polar surface area (TPSA) is 67.4 Å². The van der Waals surface area contributed by atoms with E-state index in [1.165, 1.54) is 6.26 Å². The molecular formula is C11H24N2O3S. The van der Waals surface area contributed by atoms with E-state index >= 15 is 0 Å². The van der Waals surface area contributed by atoms with Crippen LogP contribution < -0.4 is 10.0 Å². The van der Waals surface area contributed by atoms with Crippen LogP contribution in [-0.2, 0) is 14.8 Å². The second-order valence-electron chi connectivity index (χ2n) is 5.55. The third-order valence-electron chi connectivity index (χ3n) is 3.00. The lowest BCUT2D eigenvalue weighted by Crippen LogP contribution is -2.52. The van der Waals surface area contributed by atoms with Gasteiger partial charge in [-0.05, 0) is 33.1 Å². The maximum atomic E-state index is 11.2. The molecule has 102 valence electrons.